The molecule has 1 aliphatic heterocycles. The third kappa shape index (κ3) is 2.61. The molecule has 0 aromatic heterocycles. The quantitative estimate of drug-likeness (QED) is 0.287. The summed E-state index contributed by atoms with van der Waals surface area (Å²) in [6.45, 7) is 3.31. The van der Waals surface area contributed by atoms with Crippen molar-refractivity contribution >= 4 is 5.96 Å². The number of rotatable bonds is 1. The van der Waals surface area contributed by atoms with E-state index in [4.69, 9.17) is 5.84 Å². The van der Waals surface area contributed by atoms with Crippen LogP contribution in [0.2, 0.25) is 0 Å². The molecule has 0 bridgehead atoms. The third-order valence-corrected chi connectivity index (χ3v) is 2.96. The van der Waals surface area contributed by atoms with Crippen LogP contribution in [0, 0.1) is 0 Å². The fraction of sp³-hybridized carbons (Fsp3) is 0.900. The Bertz CT molecular complexity index is 191. The SMILES string of the molecule is CCC1CCCCCN1C(=NC)NN. The van der Waals surface area contributed by atoms with Gasteiger partial charge in [-0.2, -0.15) is 0 Å². The van der Waals surface area contributed by atoms with E-state index in [9.17, 15) is 0 Å². The summed E-state index contributed by atoms with van der Waals surface area (Å²) in [6.07, 6.45) is 6.33. The highest BCUT2D eigenvalue weighted by Gasteiger charge is 2.21. The molecule has 1 aliphatic rings. The van der Waals surface area contributed by atoms with Gasteiger partial charge in [-0.3, -0.25) is 10.4 Å². The summed E-state index contributed by atoms with van der Waals surface area (Å²) in [4.78, 5) is 6.49. The van der Waals surface area contributed by atoms with E-state index in [-0.39, 0.29) is 0 Å². The molecular formula is C10H22N4. The van der Waals surface area contributed by atoms with Crippen molar-refractivity contribution in [2.45, 2.75) is 45.1 Å². The second-order valence-corrected chi connectivity index (χ2v) is 3.80. The fourth-order valence-electron chi connectivity index (χ4n) is 2.16. The summed E-state index contributed by atoms with van der Waals surface area (Å²) >= 11 is 0. The van der Waals surface area contributed by atoms with Crippen LogP contribution in [0.15, 0.2) is 4.99 Å². The zero-order valence-corrected chi connectivity index (χ0v) is 9.29. The van der Waals surface area contributed by atoms with Crippen LogP contribution in [-0.4, -0.2) is 30.5 Å². The fourth-order valence-corrected chi connectivity index (χ4v) is 2.16. The smallest absolute Gasteiger partial charge is 0.208 e. The molecule has 0 saturated carbocycles. The normalized spacial score (nSPS) is 24.6. The topological polar surface area (TPSA) is 53.6 Å². The lowest BCUT2D eigenvalue weighted by Gasteiger charge is -2.31. The van der Waals surface area contributed by atoms with Gasteiger partial charge in [-0.1, -0.05) is 19.8 Å². The standard InChI is InChI=1S/C10H22N4/c1-3-9-7-5-4-6-8-14(9)10(12-2)13-11/h9H,3-8,11H2,1-2H3,(H,12,13). The summed E-state index contributed by atoms with van der Waals surface area (Å²) in [5.74, 6) is 6.29. The molecular weight excluding hydrogens is 176 g/mol. The molecule has 1 heterocycles. The van der Waals surface area contributed by atoms with Gasteiger partial charge in [0.2, 0.25) is 5.96 Å². The van der Waals surface area contributed by atoms with E-state index in [2.05, 4.69) is 22.2 Å². The molecule has 3 N–H and O–H groups in total. The van der Waals surface area contributed by atoms with E-state index in [0.29, 0.717) is 6.04 Å². The summed E-state index contributed by atoms with van der Waals surface area (Å²) < 4.78 is 0. The Morgan fingerprint density at radius 3 is 2.86 bits per heavy atom. The second kappa shape index (κ2) is 5.86. The highest BCUT2D eigenvalue weighted by Crippen LogP contribution is 2.18. The van der Waals surface area contributed by atoms with Crippen LogP contribution in [0.5, 0.6) is 0 Å². The molecule has 0 aromatic carbocycles. The van der Waals surface area contributed by atoms with E-state index < -0.39 is 0 Å². The van der Waals surface area contributed by atoms with Crippen LogP contribution in [0.3, 0.4) is 0 Å². The van der Waals surface area contributed by atoms with Crippen LogP contribution in [0.25, 0.3) is 0 Å². The highest BCUT2D eigenvalue weighted by atomic mass is 15.4. The number of hydrazine groups is 1. The Labute approximate surface area is 86.5 Å². The largest absolute Gasteiger partial charge is 0.339 e. The second-order valence-electron chi connectivity index (χ2n) is 3.80. The van der Waals surface area contributed by atoms with Gasteiger partial charge in [0.05, 0.1) is 0 Å². The first kappa shape index (κ1) is 11.3. The van der Waals surface area contributed by atoms with Crippen molar-refractivity contribution in [2.75, 3.05) is 13.6 Å². The van der Waals surface area contributed by atoms with Gasteiger partial charge in [0.25, 0.3) is 0 Å². The maximum absolute atomic E-state index is 5.46. The molecule has 0 amide bonds. The van der Waals surface area contributed by atoms with Crippen molar-refractivity contribution < 1.29 is 0 Å². The van der Waals surface area contributed by atoms with Crippen molar-refractivity contribution in [3.63, 3.8) is 0 Å². The Morgan fingerprint density at radius 1 is 1.50 bits per heavy atom. The number of nitrogens with zero attached hydrogens (tertiary/aromatic N) is 2. The first-order valence-corrected chi connectivity index (χ1v) is 5.53. The van der Waals surface area contributed by atoms with Crippen molar-refractivity contribution in [3.05, 3.63) is 0 Å². The minimum atomic E-state index is 0.604. The monoisotopic (exact) mass is 198 g/mol. The Balaban J connectivity index is 2.69. The lowest BCUT2D eigenvalue weighted by molar-refractivity contribution is 0.297. The number of aliphatic imine (C=N–C) groups is 1. The molecule has 82 valence electrons. The molecule has 0 radical (unpaired) electrons. The Kier molecular flexibility index (Phi) is 4.73. The van der Waals surface area contributed by atoms with E-state index in [1.807, 2.05) is 0 Å². The molecule has 0 aliphatic carbocycles. The maximum Gasteiger partial charge on any atom is 0.208 e. The van der Waals surface area contributed by atoms with Crippen molar-refractivity contribution in [1.82, 2.24) is 10.3 Å². The minimum Gasteiger partial charge on any atom is -0.339 e. The number of hydrogen-bond acceptors (Lipinski definition) is 2. The molecule has 1 unspecified atom stereocenters. The molecule has 1 fully saturated rings. The molecule has 1 rings (SSSR count). The van der Waals surface area contributed by atoms with Crippen molar-refractivity contribution in [3.8, 4) is 0 Å². The molecule has 0 aromatic rings. The predicted molar refractivity (Wildman–Crippen MR) is 59.9 cm³/mol. The van der Waals surface area contributed by atoms with Crippen LogP contribution in [0.4, 0.5) is 0 Å². The van der Waals surface area contributed by atoms with Gasteiger partial charge >= 0.3 is 0 Å². The van der Waals surface area contributed by atoms with Gasteiger partial charge in [-0.15, -0.1) is 0 Å². The van der Waals surface area contributed by atoms with Crippen molar-refractivity contribution in [2.24, 2.45) is 10.8 Å². The van der Waals surface area contributed by atoms with Gasteiger partial charge in [0.1, 0.15) is 0 Å². The maximum atomic E-state index is 5.46. The van der Waals surface area contributed by atoms with Gasteiger partial charge in [0, 0.05) is 19.6 Å². The third-order valence-electron chi connectivity index (χ3n) is 2.96. The van der Waals surface area contributed by atoms with E-state index in [1.165, 1.54) is 32.1 Å². The van der Waals surface area contributed by atoms with Gasteiger partial charge in [-0.05, 0) is 19.3 Å². The Hall–Kier alpha value is -0.770. The number of nitrogens with one attached hydrogen (secondary N) is 1. The van der Waals surface area contributed by atoms with E-state index >= 15 is 0 Å². The van der Waals surface area contributed by atoms with Crippen LogP contribution in [0.1, 0.15) is 39.0 Å². The zero-order chi connectivity index (χ0) is 10.4. The average molecular weight is 198 g/mol. The number of likely N-dealkylation sites (tertiary alicyclic amines) is 1. The average Bonchev–Trinajstić information content (AvgIpc) is 2.45. The number of nitrogens with two attached hydrogens (primary N) is 1. The molecule has 1 saturated heterocycles. The Morgan fingerprint density at radius 2 is 2.29 bits per heavy atom. The van der Waals surface area contributed by atoms with E-state index in [0.717, 1.165) is 12.5 Å². The number of guanidine groups is 1. The molecule has 14 heavy (non-hydrogen) atoms. The predicted octanol–water partition coefficient (Wildman–Crippen LogP) is 1.09. The number of hydrogen-bond donors (Lipinski definition) is 2. The minimum absolute atomic E-state index is 0.604. The van der Waals surface area contributed by atoms with Gasteiger partial charge in [0.15, 0.2) is 0 Å². The van der Waals surface area contributed by atoms with Crippen LogP contribution < -0.4 is 11.3 Å². The molecule has 4 heteroatoms. The van der Waals surface area contributed by atoms with Crippen LogP contribution in [-0.2, 0) is 0 Å². The molecule has 0 spiro atoms. The summed E-state index contributed by atoms with van der Waals surface area (Å²) in [6, 6.07) is 0.604. The lowest BCUT2D eigenvalue weighted by Crippen LogP contribution is -2.49. The molecule has 1 atom stereocenters. The van der Waals surface area contributed by atoms with Crippen LogP contribution >= 0.6 is 0 Å². The van der Waals surface area contributed by atoms with Crippen molar-refractivity contribution in [1.29, 1.82) is 0 Å². The lowest BCUT2D eigenvalue weighted by atomic mass is 10.1. The first-order chi connectivity index (χ1) is 6.83. The van der Waals surface area contributed by atoms with E-state index in [1.54, 1.807) is 7.05 Å². The first-order valence-electron chi connectivity index (χ1n) is 5.53. The zero-order valence-electron chi connectivity index (χ0n) is 9.29. The summed E-state index contributed by atoms with van der Waals surface area (Å²) in [5.41, 5.74) is 2.69. The van der Waals surface area contributed by atoms with Gasteiger partial charge in [-0.25, -0.2) is 5.84 Å². The molecule has 4 nitrogen and oxygen atoms in total. The highest BCUT2D eigenvalue weighted by molar-refractivity contribution is 5.79. The summed E-state index contributed by atoms with van der Waals surface area (Å²) in [5, 5.41) is 0. The van der Waals surface area contributed by atoms with Gasteiger partial charge < -0.3 is 4.90 Å². The summed E-state index contributed by atoms with van der Waals surface area (Å²) in [7, 11) is 1.78.